The Bertz CT molecular complexity index is 710. The number of hydrogen-bond donors (Lipinski definition) is 2. The van der Waals surface area contributed by atoms with E-state index in [2.05, 4.69) is 32.7 Å². The molecule has 94 valence electrons. The number of aromatic nitrogens is 3. The molecule has 1 aromatic heterocycles. The average Bonchev–Trinajstić information content (AvgIpc) is 2.29. The summed E-state index contributed by atoms with van der Waals surface area (Å²) in [5.74, 6) is 0. The minimum atomic E-state index is -0.791. The fraction of sp³-hybridized carbons (Fsp3) is 0.100. The zero-order valence-corrected chi connectivity index (χ0v) is 12.3. The summed E-state index contributed by atoms with van der Waals surface area (Å²) in [7, 11) is 1.63. The van der Waals surface area contributed by atoms with E-state index >= 15 is 0 Å². The third-order valence-corrected chi connectivity index (χ3v) is 4.49. The van der Waals surface area contributed by atoms with Gasteiger partial charge in [-0.2, -0.15) is 4.98 Å². The highest BCUT2D eigenvalue weighted by Gasteiger charge is 2.08. The van der Waals surface area contributed by atoms with Crippen molar-refractivity contribution in [1.82, 2.24) is 14.8 Å². The van der Waals surface area contributed by atoms with Crippen molar-refractivity contribution in [2.45, 2.75) is 10.1 Å². The molecule has 18 heavy (non-hydrogen) atoms. The maximum Gasteiger partial charge on any atom is 0.339 e. The molecule has 2 aromatic rings. The highest BCUT2D eigenvalue weighted by molar-refractivity contribution is 14.1. The summed E-state index contributed by atoms with van der Waals surface area (Å²) < 4.78 is 2.37. The van der Waals surface area contributed by atoms with Crippen LogP contribution < -0.4 is 16.9 Å². The van der Waals surface area contributed by atoms with Gasteiger partial charge in [0.25, 0.3) is 0 Å². The summed E-state index contributed by atoms with van der Waals surface area (Å²) >= 11 is 3.44. The van der Waals surface area contributed by atoms with Crippen LogP contribution in [-0.2, 0) is 7.05 Å². The van der Waals surface area contributed by atoms with E-state index in [-0.39, 0.29) is 0 Å². The number of halogens is 1. The molecular weight excluding hydrogens is 367 g/mol. The summed E-state index contributed by atoms with van der Waals surface area (Å²) in [5.41, 5.74) is 4.82. The van der Waals surface area contributed by atoms with Gasteiger partial charge in [0.1, 0.15) is 0 Å². The highest BCUT2D eigenvalue weighted by atomic mass is 127. The summed E-state index contributed by atoms with van der Waals surface area (Å²) in [5, 5.41) is 2.82. The first-order valence-electron chi connectivity index (χ1n) is 4.87. The minimum Gasteiger partial charge on any atom is -0.399 e. The van der Waals surface area contributed by atoms with E-state index in [0.29, 0.717) is 10.8 Å². The number of aromatic amines is 1. The van der Waals surface area contributed by atoms with Crippen LogP contribution in [0.5, 0.6) is 0 Å². The van der Waals surface area contributed by atoms with Gasteiger partial charge in [0, 0.05) is 21.2 Å². The van der Waals surface area contributed by atoms with Crippen LogP contribution in [0.1, 0.15) is 0 Å². The van der Waals surface area contributed by atoms with Crippen molar-refractivity contribution >= 4 is 40.0 Å². The number of aryl methyl sites for hydroxylation is 1. The van der Waals surface area contributed by atoms with Crippen molar-refractivity contribution < 1.29 is 0 Å². The summed E-state index contributed by atoms with van der Waals surface area (Å²) in [6.07, 6.45) is 0. The third-order valence-electron chi connectivity index (χ3n) is 2.10. The lowest BCUT2D eigenvalue weighted by Crippen LogP contribution is -2.33. The minimum absolute atomic E-state index is 0.419. The van der Waals surface area contributed by atoms with Gasteiger partial charge in [-0.1, -0.05) is 0 Å². The first-order chi connectivity index (χ1) is 8.47. The van der Waals surface area contributed by atoms with E-state index in [1.54, 1.807) is 13.1 Å². The van der Waals surface area contributed by atoms with Crippen molar-refractivity contribution in [3.8, 4) is 0 Å². The molecule has 8 heteroatoms. The Morgan fingerprint density at radius 2 is 2.17 bits per heavy atom. The summed E-state index contributed by atoms with van der Waals surface area (Å²) in [6, 6.07) is 5.44. The van der Waals surface area contributed by atoms with Gasteiger partial charge in [0.2, 0.25) is 0 Å². The number of nitrogens with two attached hydrogens (primary N) is 1. The number of benzene rings is 1. The monoisotopic (exact) mass is 376 g/mol. The average molecular weight is 376 g/mol. The lowest BCUT2D eigenvalue weighted by Gasteiger charge is -2.07. The largest absolute Gasteiger partial charge is 0.399 e. The standard InChI is InChI=1S/C10H9IN4O2S/c1-15-10(13-8(16)9(17)14-15)18-7-3-2-5(12)4-6(7)11/h2-4H,12H2,1H3,(H,14,17). The van der Waals surface area contributed by atoms with Gasteiger partial charge in [-0.15, -0.1) is 0 Å². The van der Waals surface area contributed by atoms with Gasteiger partial charge >= 0.3 is 11.1 Å². The Hall–Kier alpha value is -1.29. The molecule has 3 N–H and O–H groups in total. The third kappa shape index (κ3) is 2.75. The van der Waals surface area contributed by atoms with E-state index in [9.17, 15) is 9.59 Å². The van der Waals surface area contributed by atoms with Crippen molar-refractivity contribution in [1.29, 1.82) is 0 Å². The SMILES string of the molecule is Cn1[nH]c(=O)c(=O)nc1Sc1ccc(N)cc1I. The van der Waals surface area contributed by atoms with Crippen molar-refractivity contribution in [2.75, 3.05) is 5.73 Å². The van der Waals surface area contributed by atoms with E-state index < -0.39 is 11.1 Å². The van der Waals surface area contributed by atoms with Crippen LogP contribution in [0.25, 0.3) is 0 Å². The van der Waals surface area contributed by atoms with Crippen LogP contribution in [0.3, 0.4) is 0 Å². The maximum absolute atomic E-state index is 11.2. The van der Waals surface area contributed by atoms with Gasteiger partial charge in [0.05, 0.1) is 0 Å². The number of nitrogens with one attached hydrogen (secondary N) is 1. The molecule has 0 bridgehead atoms. The van der Waals surface area contributed by atoms with Gasteiger partial charge in [-0.05, 0) is 52.6 Å². The fourth-order valence-electron chi connectivity index (χ4n) is 1.25. The van der Waals surface area contributed by atoms with Gasteiger partial charge in [-0.25, -0.2) is 0 Å². The first-order valence-corrected chi connectivity index (χ1v) is 6.77. The zero-order valence-electron chi connectivity index (χ0n) is 9.31. The quantitative estimate of drug-likeness (QED) is 0.460. The molecule has 0 aliphatic rings. The molecule has 1 heterocycles. The van der Waals surface area contributed by atoms with Crippen molar-refractivity contribution in [2.24, 2.45) is 7.05 Å². The van der Waals surface area contributed by atoms with Gasteiger partial charge < -0.3 is 5.73 Å². The smallest absolute Gasteiger partial charge is 0.339 e. The van der Waals surface area contributed by atoms with E-state index in [4.69, 9.17) is 5.73 Å². The van der Waals surface area contributed by atoms with Crippen LogP contribution in [0.15, 0.2) is 37.8 Å². The maximum atomic E-state index is 11.2. The lowest BCUT2D eigenvalue weighted by molar-refractivity contribution is 0.596. The zero-order chi connectivity index (χ0) is 13.3. The molecule has 0 fully saturated rings. The molecule has 2 rings (SSSR count). The van der Waals surface area contributed by atoms with Crippen LogP contribution >= 0.6 is 34.4 Å². The second kappa shape index (κ2) is 5.14. The van der Waals surface area contributed by atoms with Gasteiger partial charge in [0.15, 0.2) is 5.16 Å². The van der Waals surface area contributed by atoms with Crippen molar-refractivity contribution in [3.05, 3.63) is 42.5 Å². The number of rotatable bonds is 2. The van der Waals surface area contributed by atoms with Crippen LogP contribution in [-0.4, -0.2) is 14.8 Å². The van der Waals surface area contributed by atoms with Crippen LogP contribution in [0.2, 0.25) is 0 Å². The highest BCUT2D eigenvalue weighted by Crippen LogP contribution is 2.30. The molecule has 0 unspecified atom stereocenters. The molecule has 6 nitrogen and oxygen atoms in total. The molecular formula is C10H9IN4O2S. The summed E-state index contributed by atoms with van der Waals surface area (Å²) in [6.45, 7) is 0. The summed E-state index contributed by atoms with van der Waals surface area (Å²) in [4.78, 5) is 26.9. The number of nitrogen functional groups attached to an aromatic ring is 1. The van der Waals surface area contributed by atoms with E-state index in [1.807, 2.05) is 12.1 Å². The van der Waals surface area contributed by atoms with E-state index in [0.717, 1.165) is 8.47 Å². The van der Waals surface area contributed by atoms with Crippen molar-refractivity contribution in [3.63, 3.8) is 0 Å². The Morgan fingerprint density at radius 3 is 2.83 bits per heavy atom. The topological polar surface area (TPSA) is 93.8 Å². The second-order valence-corrected chi connectivity index (χ2v) is 5.66. The number of anilines is 1. The van der Waals surface area contributed by atoms with Crippen LogP contribution in [0, 0.1) is 3.57 Å². The number of H-pyrrole nitrogens is 1. The molecule has 0 amide bonds. The fourth-order valence-corrected chi connectivity index (χ4v) is 2.92. The molecule has 0 spiro atoms. The van der Waals surface area contributed by atoms with Gasteiger partial charge in [-0.3, -0.25) is 19.4 Å². The predicted octanol–water partition coefficient (Wildman–Crippen LogP) is 0.807. The lowest BCUT2D eigenvalue weighted by atomic mass is 10.3. The molecule has 0 aliphatic heterocycles. The molecule has 0 saturated heterocycles. The number of nitrogens with zero attached hydrogens (tertiary/aromatic N) is 2. The Kier molecular flexibility index (Phi) is 3.76. The molecule has 1 aromatic carbocycles. The number of hydrogen-bond acceptors (Lipinski definition) is 5. The van der Waals surface area contributed by atoms with E-state index in [1.165, 1.54) is 16.4 Å². The second-order valence-electron chi connectivity index (χ2n) is 3.49. The predicted molar refractivity (Wildman–Crippen MR) is 77.8 cm³/mol. The Labute approximate surface area is 120 Å². The molecule has 0 saturated carbocycles. The molecule has 0 radical (unpaired) electrons. The Balaban J connectivity index is 2.43. The molecule has 0 atom stereocenters. The Morgan fingerprint density at radius 1 is 1.44 bits per heavy atom. The van der Waals surface area contributed by atoms with Crippen LogP contribution in [0.4, 0.5) is 5.69 Å². The normalized spacial score (nSPS) is 10.6. The first kappa shape index (κ1) is 13.1. The molecule has 0 aliphatic carbocycles.